The van der Waals surface area contributed by atoms with Crippen molar-refractivity contribution in [3.8, 4) is 5.75 Å². The Balaban J connectivity index is 1.53. The number of aromatic nitrogens is 3. The first-order valence-electron chi connectivity index (χ1n) is 8.71. The minimum absolute atomic E-state index is 0.228. The number of aryl methyl sites for hydroxylation is 1. The Bertz CT molecular complexity index is 876. The van der Waals surface area contributed by atoms with Crippen molar-refractivity contribution in [1.82, 2.24) is 15.0 Å². The first kappa shape index (κ1) is 16.6. The summed E-state index contributed by atoms with van der Waals surface area (Å²) in [6.45, 7) is 4.25. The Morgan fingerprint density at radius 1 is 1.19 bits per heavy atom. The fourth-order valence-electron chi connectivity index (χ4n) is 3.15. The SMILES string of the molecule is COc1cccc(N2CCO[C@H]2c2cn(Cc3ccc(C)cc3)nn2)c1. The van der Waals surface area contributed by atoms with Crippen LogP contribution in [0.1, 0.15) is 23.0 Å². The molecule has 134 valence electrons. The molecule has 1 aliphatic heterocycles. The van der Waals surface area contributed by atoms with E-state index in [1.54, 1.807) is 7.11 Å². The van der Waals surface area contributed by atoms with E-state index in [0.717, 1.165) is 23.7 Å². The molecule has 0 N–H and O–H groups in total. The Kier molecular flexibility index (Phi) is 4.58. The molecule has 0 saturated carbocycles. The highest BCUT2D eigenvalue weighted by Crippen LogP contribution is 2.32. The minimum Gasteiger partial charge on any atom is -0.497 e. The lowest BCUT2D eigenvalue weighted by Crippen LogP contribution is -2.23. The van der Waals surface area contributed by atoms with Gasteiger partial charge in [0.25, 0.3) is 0 Å². The zero-order valence-corrected chi connectivity index (χ0v) is 15.0. The first-order chi connectivity index (χ1) is 12.7. The second kappa shape index (κ2) is 7.17. The molecule has 1 aliphatic rings. The molecular formula is C20H22N4O2. The molecule has 0 aliphatic carbocycles. The molecule has 0 unspecified atom stereocenters. The highest BCUT2D eigenvalue weighted by molar-refractivity contribution is 5.52. The summed E-state index contributed by atoms with van der Waals surface area (Å²) >= 11 is 0. The van der Waals surface area contributed by atoms with Crippen molar-refractivity contribution in [3.05, 3.63) is 71.5 Å². The second-order valence-corrected chi connectivity index (χ2v) is 6.44. The van der Waals surface area contributed by atoms with Crippen LogP contribution in [0.3, 0.4) is 0 Å². The predicted octanol–water partition coefficient (Wildman–Crippen LogP) is 3.18. The zero-order chi connectivity index (χ0) is 17.9. The molecule has 0 radical (unpaired) electrons. The highest BCUT2D eigenvalue weighted by atomic mass is 16.5. The molecule has 1 atom stereocenters. The quantitative estimate of drug-likeness (QED) is 0.707. The van der Waals surface area contributed by atoms with E-state index >= 15 is 0 Å². The third-order valence-corrected chi connectivity index (χ3v) is 4.55. The van der Waals surface area contributed by atoms with Crippen molar-refractivity contribution in [3.63, 3.8) is 0 Å². The number of methoxy groups -OCH3 is 1. The van der Waals surface area contributed by atoms with E-state index in [1.807, 2.05) is 29.1 Å². The molecule has 4 rings (SSSR count). The Morgan fingerprint density at radius 3 is 2.85 bits per heavy atom. The number of ether oxygens (including phenoxy) is 2. The Labute approximate surface area is 153 Å². The summed E-state index contributed by atoms with van der Waals surface area (Å²) in [4.78, 5) is 2.18. The van der Waals surface area contributed by atoms with Crippen LogP contribution in [-0.2, 0) is 11.3 Å². The average molecular weight is 350 g/mol. The van der Waals surface area contributed by atoms with Gasteiger partial charge in [0.15, 0.2) is 6.23 Å². The molecule has 0 spiro atoms. The molecule has 6 heteroatoms. The fraction of sp³-hybridized carbons (Fsp3) is 0.300. The van der Waals surface area contributed by atoms with Gasteiger partial charge in [-0.2, -0.15) is 0 Å². The number of hydrogen-bond donors (Lipinski definition) is 0. The molecule has 26 heavy (non-hydrogen) atoms. The summed E-state index contributed by atoms with van der Waals surface area (Å²) in [5.41, 5.74) is 4.32. The molecule has 1 saturated heterocycles. The van der Waals surface area contributed by atoms with Crippen molar-refractivity contribution in [2.24, 2.45) is 0 Å². The monoisotopic (exact) mass is 350 g/mol. The number of benzene rings is 2. The van der Waals surface area contributed by atoms with Crippen LogP contribution >= 0.6 is 0 Å². The molecule has 0 bridgehead atoms. The standard InChI is InChI=1S/C20H22N4O2/c1-15-6-8-16(9-7-15)13-23-14-19(21-22-23)20-24(10-11-26-20)17-4-3-5-18(12-17)25-2/h3-9,12,14,20H,10-11,13H2,1-2H3/t20-/m0/s1. The fourth-order valence-corrected chi connectivity index (χ4v) is 3.15. The van der Waals surface area contributed by atoms with E-state index in [4.69, 9.17) is 9.47 Å². The van der Waals surface area contributed by atoms with Gasteiger partial charge in [0.1, 0.15) is 11.4 Å². The van der Waals surface area contributed by atoms with Crippen LogP contribution in [0.15, 0.2) is 54.7 Å². The molecular weight excluding hydrogens is 328 g/mol. The summed E-state index contributed by atoms with van der Waals surface area (Å²) < 4.78 is 13.1. The summed E-state index contributed by atoms with van der Waals surface area (Å²) in [6.07, 6.45) is 1.73. The molecule has 3 aromatic rings. The maximum absolute atomic E-state index is 5.93. The lowest BCUT2D eigenvalue weighted by Gasteiger charge is -2.23. The molecule has 1 aromatic heterocycles. The third kappa shape index (κ3) is 3.41. The van der Waals surface area contributed by atoms with Gasteiger partial charge in [0, 0.05) is 18.3 Å². The Morgan fingerprint density at radius 2 is 2.04 bits per heavy atom. The van der Waals surface area contributed by atoms with Crippen LogP contribution in [0, 0.1) is 6.92 Å². The van der Waals surface area contributed by atoms with E-state index in [2.05, 4.69) is 52.5 Å². The van der Waals surface area contributed by atoms with E-state index in [9.17, 15) is 0 Å². The van der Waals surface area contributed by atoms with Crippen molar-refractivity contribution >= 4 is 5.69 Å². The topological polar surface area (TPSA) is 52.4 Å². The van der Waals surface area contributed by atoms with Gasteiger partial charge in [-0.1, -0.05) is 41.1 Å². The summed E-state index contributed by atoms with van der Waals surface area (Å²) in [7, 11) is 1.67. The van der Waals surface area contributed by atoms with Gasteiger partial charge in [-0.25, -0.2) is 4.68 Å². The van der Waals surface area contributed by atoms with Gasteiger partial charge in [-0.15, -0.1) is 5.10 Å². The van der Waals surface area contributed by atoms with Crippen LogP contribution in [-0.4, -0.2) is 35.3 Å². The second-order valence-electron chi connectivity index (χ2n) is 6.44. The minimum atomic E-state index is -0.228. The largest absolute Gasteiger partial charge is 0.497 e. The van der Waals surface area contributed by atoms with Crippen LogP contribution in [0.25, 0.3) is 0 Å². The average Bonchev–Trinajstić information content (AvgIpc) is 3.33. The lowest BCUT2D eigenvalue weighted by molar-refractivity contribution is 0.110. The van der Waals surface area contributed by atoms with Gasteiger partial charge in [-0.3, -0.25) is 0 Å². The molecule has 1 fully saturated rings. The van der Waals surface area contributed by atoms with E-state index in [-0.39, 0.29) is 6.23 Å². The van der Waals surface area contributed by atoms with Crippen molar-refractivity contribution < 1.29 is 9.47 Å². The van der Waals surface area contributed by atoms with Gasteiger partial charge in [-0.05, 0) is 24.6 Å². The zero-order valence-electron chi connectivity index (χ0n) is 15.0. The molecule has 2 heterocycles. The van der Waals surface area contributed by atoms with E-state index in [1.165, 1.54) is 11.1 Å². The summed E-state index contributed by atoms with van der Waals surface area (Å²) in [5.74, 6) is 0.830. The van der Waals surface area contributed by atoms with Crippen molar-refractivity contribution in [2.45, 2.75) is 19.7 Å². The van der Waals surface area contributed by atoms with Crippen LogP contribution in [0.5, 0.6) is 5.75 Å². The van der Waals surface area contributed by atoms with Gasteiger partial charge in [0.2, 0.25) is 0 Å². The molecule has 6 nitrogen and oxygen atoms in total. The smallest absolute Gasteiger partial charge is 0.177 e. The first-order valence-corrected chi connectivity index (χ1v) is 8.71. The number of hydrogen-bond acceptors (Lipinski definition) is 5. The highest BCUT2D eigenvalue weighted by Gasteiger charge is 2.29. The maximum atomic E-state index is 5.93. The molecule has 2 aromatic carbocycles. The van der Waals surface area contributed by atoms with E-state index < -0.39 is 0 Å². The number of anilines is 1. The van der Waals surface area contributed by atoms with Crippen LogP contribution < -0.4 is 9.64 Å². The van der Waals surface area contributed by atoms with Gasteiger partial charge in [0.05, 0.1) is 26.5 Å². The van der Waals surface area contributed by atoms with Crippen molar-refractivity contribution in [2.75, 3.05) is 25.2 Å². The summed E-state index contributed by atoms with van der Waals surface area (Å²) in [6, 6.07) is 16.4. The molecule has 0 amide bonds. The number of nitrogens with zero attached hydrogens (tertiary/aromatic N) is 4. The van der Waals surface area contributed by atoms with Crippen molar-refractivity contribution in [1.29, 1.82) is 0 Å². The Hall–Kier alpha value is -2.86. The third-order valence-electron chi connectivity index (χ3n) is 4.55. The van der Waals surface area contributed by atoms with Gasteiger partial charge >= 0.3 is 0 Å². The van der Waals surface area contributed by atoms with E-state index in [0.29, 0.717) is 13.2 Å². The van der Waals surface area contributed by atoms with Crippen LogP contribution in [0.4, 0.5) is 5.69 Å². The maximum Gasteiger partial charge on any atom is 0.177 e. The lowest BCUT2D eigenvalue weighted by atomic mass is 10.1. The predicted molar refractivity (Wildman–Crippen MR) is 99.3 cm³/mol. The summed E-state index contributed by atoms with van der Waals surface area (Å²) in [5, 5.41) is 8.62. The normalized spacial score (nSPS) is 16.8. The number of rotatable bonds is 5. The van der Waals surface area contributed by atoms with Crippen LogP contribution in [0.2, 0.25) is 0 Å². The van der Waals surface area contributed by atoms with Gasteiger partial charge < -0.3 is 14.4 Å².